The molecule has 2 nitrogen and oxygen atoms in total. The van der Waals surface area contributed by atoms with Crippen molar-refractivity contribution in [2.75, 3.05) is 0 Å². The highest BCUT2D eigenvalue weighted by Crippen LogP contribution is 2.52. The second kappa shape index (κ2) is 14.3. The molecule has 292 valence electrons. The Morgan fingerprint density at radius 1 is 0.371 bits per heavy atom. The van der Waals surface area contributed by atoms with E-state index in [4.69, 9.17) is 9.97 Å². The van der Waals surface area contributed by atoms with Gasteiger partial charge in [0.05, 0.1) is 11.4 Å². The van der Waals surface area contributed by atoms with Crippen LogP contribution in [0.4, 0.5) is 0 Å². The van der Waals surface area contributed by atoms with Gasteiger partial charge in [-0.15, -0.1) is 11.3 Å². The van der Waals surface area contributed by atoms with Gasteiger partial charge in [0.2, 0.25) is 0 Å². The number of benzene rings is 9. The first-order valence-electron chi connectivity index (χ1n) is 21.3. The van der Waals surface area contributed by atoms with E-state index in [1.165, 1.54) is 75.5 Å². The molecule has 11 aromatic rings. The maximum Gasteiger partial charge on any atom is 0.160 e. The summed E-state index contributed by atoms with van der Waals surface area (Å²) in [6.45, 7) is 4.68. The molecule has 0 amide bonds. The Kier molecular flexibility index (Phi) is 8.41. The number of hydrogen-bond acceptors (Lipinski definition) is 3. The summed E-state index contributed by atoms with van der Waals surface area (Å²) in [4.78, 5) is 10.6. The van der Waals surface area contributed by atoms with E-state index in [-0.39, 0.29) is 5.41 Å². The highest BCUT2D eigenvalue weighted by molar-refractivity contribution is 7.26. The molecule has 1 aliphatic carbocycles. The SMILES string of the molecule is CC1(C)c2ccccc2-c2c(-c3ccc(-c4cc(-c5cc(-c6ccc7ccccc7c6)cc(-c6cccc7c6sc6ccccc67)c5)nc(-c5ccccc5)n4)cc3)cccc21. The van der Waals surface area contributed by atoms with E-state index in [0.29, 0.717) is 5.82 Å². The van der Waals surface area contributed by atoms with Crippen molar-refractivity contribution in [1.82, 2.24) is 9.97 Å². The summed E-state index contributed by atoms with van der Waals surface area (Å²) < 4.78 is 2.59. The lowest BCUT2D eigenvalue weighted by molar-refractivity contribution is 0.660. The minimum atomic E-state index is -0.0526. The summed E-state index contributed by atoms with van der Waals surface area (Å²) in [6.07, 6.45) is 0. The quantitative estimate of drug-likeness (QED) is 0.167. The zero-order valence-corrected chi connectivity index (χ0v) is 35.2. The highest BCUT2D eigenvalue weighted by Gasteiger charge is 2.36. The number of hydrogen-bond donors (Lipinski definition) is 0. The van der Waals surface area contributed by atoms with Gasteiger partial charge in [0.15, 0.2) is 5.82 Å². The van der Waals surface area contributed by atoms with Crippen molar-refractivity contribution >= 4 is 42.3 Å². The fourth-order valence-corrected chi connectivity index (χ4v) is 11.0. The highest BCUT2D eigenvalue weighted by atomic mass is 32.1. The van der Waals surface area contributed by atoms with Gasteiger partial charge in [-0.05, 0) is 103 Å². The molecule has 0 saturated heterocycles. The Balaban J connectivity index is 1.03. The van der Waals surface area contributed by atoms with E-state index < -0.39 is 0 Å². The van der Waals surface area contributed by atoms with Crippen molar-refractivity contribution in [3.63, 3.8) is 0 Å². The largest absolute Gasteiger partial charge is 0.228 e. The van der Waals surface area contributed by atoms with Crippen molar-refractivity contribution in [2.24, 2.45) is 0 Å². The van der Waals surface area contributed by atoms with Gasteiger partial charge in [-0.3, -0.25) is 0 Å². The van der Waals surface area contributed by atoms with Crippen LogP contribution in [0.3, 0.4) is 0 Å². The minimum Gasteiger partial charge on any atom is -0.228 e. The molecule has 0 fully saturated rings. The van der Waals surface area contributed by atoms with Crippen LogP contribution in [-0.4, -0.2) is 9.97 Å². The Hall–Kier alpha value is -7.46. The van der Waals surface area contributed by atoms with Crippen molar-refractivity contribution in [2.45, 2.75) is 19.3 Å². The summed E-state index contributed by atoms with van der Waals surface area (Å²) in [6, 6.07) is 74.9. The summed E-state index contributed by atoms with van der Waals surface area (Å²) in [5, 5.41) is 5.03. The van der Waals surface area contributed by atoms with Crippen LogP contribution in [0.5, 0.6) is 0 Å². The Morgan fingerprint density at radius 3 is 1.85 bits per heavy atom. The van der Waals surface area contributed by atoms with E-state index in [0.717, 1.165) is 39.2 Å². The smallest absolute Gasteiger partial charge is 0.160 e. The molecule has 3 heteroatoms. The van der Waals surface area contributed by atoms with Crippen LogP contribution in [0.15, 0.2) is 206 Å². The van der Waals surface area contributed by atoms with Gasteiger partial charge in [0.1, 0.15) is 0 Å². The number of rotatable bonds is 6. The molecule has 0 atom stereocenters. The molecule has 0 bridgehead atoms. The molecule has 1 aliphatic rings. The van der Waals surface area contributed by atoms with Crippen molar-refractivity contribution in [3.05, 3.63) is 217 Å². The molecule has 0 N–H and O–H groups in total. The van der Waals surface area contributed by atoms with Gasteiger partial charge < -0.3 is 0 Å². The third kappa shape index (κ3) is 6.00. The first kappa shape index (κ1) is 36.4. The van der Waals surface area contributed by atoms with E-state index >= 15 is 0 Å². The lowest BCUT2D eigenvalue weighted by Crippen LogP contribution is -2.14. The summed E-state index contributed by atoms with van der Waals surface area (Å²) in [5.41, 5.74) is 17.4. The molecule has 2 aromatic heterocycles. The molecule has 0 radical (unpaired) electrons. The second-order valence-corrected chi connectivity index (χ2v) is 18.0. The Bertz CT molecular complexity index is 3540. The number of thiophene rings is 1. The third-order valence-electron chi connectivity index (χ3n) is 12.9. The molecule has 12 rings (SSSR count). The second-order valence-electron chi connectivity index (χ2n) is 16.9. The monoisotopic (exact) mass is 808 g/mol. The zero-order valence-electron chi connectivity index (χ0n) is 34.4. The third-order valence-corrected chi connectivity index (χ3v) is 14.1. The van der Waals surface area contributed by atoms with E-state index in [9.17, 15) is 0 Å². The molecular formula is C59H40N2S. The topological polar surface area (TPSA) is 25.8 Å². The van der Waals surface area contributed by atoms with Crippen molar-refractivity contribution < 1.29 is 0 Å². The zero-order chi connectivity index (χ0) is 41.4. The number of fused-ring (bicyclic) bond motifs is 7. The maximum absolute atomic E-state index is 5.35. The first-order chi connectivity index (χ1) is 30.5. The van der Waals surface area contributed by atoms with Crippen LogP contribution in [-0.2, 0) is 5.41 Å². The standard InChI is InChI=1S/C59H40N2S/c1-59(2)51-23-10-8-19-50(51)56-46(20-13-24-52(56)59)38-27-29-39(30-28-38)53-36-54(61-58(60-53)40-15-4-3-5-16-40)45-34-43(42-31-26-37-14-6-7-17-41(37)32-42)33-44(35-45)47-21-12-22-49-48-18-9-11-25-55(48)62-57(47)49/h3-36H,1-2H3. The fraction of sp³-hybridized carbons (Fsp3) is 0.0508. The molecule has 0 unspecified atom stereocenters. The molecule has 0 aliphatic heterocycles. The van der Waals surface area contributed by atoms with Crippen LogP contribution in [0.25, 0.3) is 109 Å². The lowest BCUT2D eigenvalue weighted by atomic mass is 9.82. The molecule has 62 heavy (non-hydrogen) atoms. The summed E-state index contributed by atoms with van der Waals surface area (Å²) in [5.74, 6) is 0.700. The van der Waals surface area contributed by atoms with Gasteiger partial charge in [0, 0.05) is 42.3 Å². The van der Waals surface area contributed by atoms with Crippen LogP contribution < -0.4 is 0 Å². The van der Waals surface area contributed by atoms with Gasteiger partial charge in [-0.25, -0.2) is 9.97 Å². The predicted octanol–water partition coefficient (Wildman–Crippen LogP) is 16.3. The maximum atomic E-state index is 5.35. The first-order valence-corrected chi connectivity index (χ1v) is 22.1. The van der Waals surface area contributed by atoms with Crippen molar-refractivity contribution in [1.29, 1.82) is 0 Å². The molecule has 2 heterocycles. The normalized spacial score (nSPS) is 12.8. The molecule has 9 aromatic carbocycles. The summed E-state index contributed by atoms with van der Waals surface area (Å²) in [7, 11) is 0. The molecular weight excluding hydrogens is 769 g/mol. The predicted molar refractivity (Wildman–Crippen MR) is 263 cm³/mol. The van der Waals surface area contributed by atoms with Gasteiger partial charge in [-0.2, -0.15) is 0 Å². The Morgan fingerprint density at radius 2 is 0.984 bits per heavy atom. The molecule has 0 saturated carbocycles. The number of nitrogens with zero attached hydrogens (tertiary/aromatic N) is 2. The summed E-state index contributed by atoms with van der Waals surface area (Å²) >= 11 is 1.86. The Labute approximate surface area is 365 Å². The average Bonchev–Trinajstić information content (AvgIpc) is 3.83. The number of aromatic nitrogens is 2. The van der Waals surface area contributed by atoms with Gasteiger partial charge in [-0.1, -0.05) is 184 Å². The lowest BCUT2D eigenvalue weighted by Gasteiger charge is -2.21. The van der Waals surface area contributed by atoms with Crippen LogP contribution in [0, 0.1) is 0 Å². The van der Waals surface area contributed by atoms with Crippen LogP contribution in [0.2, 0.25) is 0 Å². The minimum absolute atomic E-state index is 0.0526. The van der Waals surface area contributed by atoms with Crippen LogP contribution in [0.1, 0.15) is 25.0 Å². The van der Waals surface area contributed by atoms with Crippen LogP contribution >= 0.6 is 11.3 Å². The molecule has 0 spiro atoms. The average molecular weight is 809 g/mol. The van der Waals surface area contributed by atoms with E-state index in [2.05, 4.69) is 214 Å². The van der Waals surface area contributed by atoms with Gasteiger partial charge in [0.25, 0.3) is 0 Å². The van der Waals surface area contributed by atoms with E-state index in [1.807, 2.05) is 17.4 Å². The van der Waals surface area contributed by atoms with E-state index in [1.54, 1.807) is 0 Å². The fourth-order valence-electron chi connectivity index (χ4n) is 9.72. The van der Waals surface area contributed by atoms with Crippen molar-refractivity contribution in [3.8, 4) is 78.4 Å². The van der Waals surface area contributed by atoms with Gasteiger partial charge >= 0.3 is 0 Å².